The van der Waals surface area contributed by atoms with E-state index in [0.717, 1.165) is 51.4 Å². The third kappa shape index (κ3) is 42.3. The van der Waals surface area contributed by atoms with E-state index in [9.17, 15) is 14.7 Å². The first-order valence-electron chi connectivity index (χ1n) is 22.8. The molecule has 54 heavy (non-hydrogen) atoms. The SMILES string of the molecule is CC/C=C\C/C=C\C/C=C\C/C=C\C/C=C\CC(=O)OC(CO)COC(=O)CCCCCCCCCCCCCCCCCCCCCCCCCCC. The van der Waals surface area contributed by atoms with Crippen LogP contribution < -0.4 is 0 Å². The van der Waals surface area contributed by atoms with Crippen molar-refractivity contribution in [1.29, 1.82) is 0 Å². The number of carbonyl (C=O) groups is 2. The van der Waals surface area contributed by atoms with E-state index in [1.807, 2.05) is 6.08 Å². The van der Waals surface area contributed by atoms with Gasteiger partial charge in [-0.15, -0.1) is 0 Å². The van der Waals surface area contributed by atoms with Gasteiger partial charge in [-0.1, -0.05) is 229 Å². The molecule has 0 saturated carbocycles. The normalized spacial score (nSPS) is 12.7. The second-order valence-electron chi connectivity index (χ2n) is 15.1. The van der Waals surface area contributed by atoms with Crippen LogP contribution >= 0.6 is 0 Å². The van der Waals surface area contributed by atoms with Gasteiger partial charge >= 0.3 is 11.9 Å². The summed E-state index contributed by atoms with van der Waals surface area (Å²) in [6.07, 6.45) is 59.1. The lowest BCUT2D eigenvalue weighted by molar-refractivity contribution is -0.160. The van der Waals surface area contributed by atoms with Gasteiger partial charge in [0.15, 0.2) is 6.10 Å². The minimum atomic E-state index is -0.826. The number of unbranched alkanes of at least 4 members (excludes halogenated alkanes) is 24. The van der Waals surface area contributed by atoms with Gasteiger partial charge in [-0.05, 0) is 38.5 Å². The molecular weight excluding hydrogens is 669 g/mol. The highest BCUT2D eigenvalue weighted by atomic mass is 16.6. The number of hydrogen-bond acceptors (Lipinski definition) is 5. The molecule has 1 atom stereocenters. The number of ether oxygens (including phenoxy) is 2. The first-order chi connectivity index (χ1) is 26.6. The third-order valence-corrected chi connectivity index (χ3v) is 9.86. The van der Waals surface area contributed by atoms with Crippen molar-refractivity contribution in [3.63, 3.8) is 0 Å². The standard InChI is InChI=1S/C49H86O5/c1-3-5-7-9-11-13-15-17-19-20-21-22-23-24-25-26-27-28-30-31-33-35-37-39-41-43-48(51)53-46-47(45-50)54-49(52)44-42-40-38-36-34-32-29-18-16-14-12-10-8-6-4-2/h6,8,12,14,18,29,34,36,40,42,47,50H,3-5,7,9-11,13,15-17,19-28,30-33,35,37-39,41,43-46H2,1-2H3/b8-6-,14-12-,29-18-,36-34-,42-40-. The number of hydrogen-bond donors (Lipinski definition) is 1. The van der Waals surface area contributed by atoms with Gasteiger partial charge in [0.2, 0.25) is 0 Å². The molecule has 0 spiro atoms. The summed E-state index contributed by atoms with van der Waals surface area (Å²) in [5, 5.41) is 9.56. The Labute approximate surface area is 334 Å². The first-order valence-corrected chi connectivity index (χ1v) is 22.8. The van der Waals surface area contributed by atoms with E-state index in [4.69, 9.17) is 9.47 Å². The number of aliphatic hydroxyl groups excluding tert-OH is 1. The van der Waals surface area contributed by atoms with Gasteiger partial charge in [0.25, 0.3) is 0 Å². The molecule has 312 valence electrons. The summed E-state index contributed by atoms with van der Waals surface area (Å²) in [6, 6.07) is 0. The predicted molar refractivity (Wildman–Crippen MR) is 233 cm³/mol. The maximum Gasteiger partial charge on any atom is 0.310 e. The summed E-state index contributed by atoms with van der Waals surface area (Å²) in [5.74, 6) is -0.733. The molecule has 5 nitrogen and oxygen atoms in total. The zero-order valence-corrected chi connectivity index (χ0v) is 35.5. The van der Waals surface area contributed by atoms with Crippen LogP contribution in [-0.2, 0) is 19.1 Å². The summed E-state index contributed by atoms with van der Waals surface area (Å²) in [6.45, 7) is 3.96. The maximum atomic E-state index is 12.1. The molecule has 1 unspecified atom stereocenters. The number of carbonyl (C=O) groups excluding carboxylic acids is 2. The zero-order chi connectivity index (χ0) is 39.3. The quantitative estimate of drug-likeness (QED) is 0.0382. The first kappa shape index (κ1) is 51.6. The van der Waals surface area contributed by atoms with E-state index in [1.165, 1.54) is 141 Å². The Kier molecular flexibility index (Phi) is 43.0. The molecule has 0 fully saturated rings. The Bertz CT molecular complexity index is 946. The number of aliphatic hydroxyl groups is 1. The van der Waals surface area contributed by atoms with Crippen LogP contribution in [-0.4, -0.2) is 36.4 Å². The molecule has 0 bridgehead atoms. The van der Waals surface area contributed by atoms with Crippen molar-refractivity contribution < 1.29 is 24.2 Å². The summed E-state index contributed by atoms with van der Waals surface area (Å²) >= 11 is 0. The van der Waals surface area contributed by atoms with Crippen LogP contribution in [0, 0.1) is 0 Å². The monoisotopic (exact) mass is 755 g/mol. The van der Waals surface area contributed by atoms with Gasteiger partial charge in [-0.2, -0.15) is 0 Å². The van der Waals surface area contributed by atoms with Gasteiger partial charge in [0, 0.05) is 6.42 Å². The van der Waals surface area contributed by atoms with E-state index in [2.05, 4.69) is 62.5 Å². The molecule has 0 aliphatic heterocycles. The molecule has 0 amide bonds. The van der Waals surface area contributed by atoms with Crippen LogP contribution in [0.15, 0.2) is 60.8 Å². The molecule has 0 saturated heterocycles. The topological polar surface area (TPSA) is 72.8 Å². The summed E-state index contributed by atoms with van der Waals surface area (Å²) in [5.41, 5.74) is 0. The van der Waals surface area contributed by atoms with Crippen molar-refractivity contribution in [2.45, 2.75) is 225 Å². The van der Waals surface area contributed by atoms with Crippen molar-refractivity contribution in [3.05, 3.63) is 60.8 Å². The molecule has 5 heteroatoms. The highest BCUT2D eigenvalue weighted by molar-refractivity contribution is 5.71. The largest absolute Gasteiger partial charge is 0.462 e. The van der Waals surface area contributed by atoms with Gasteiger partial charge in [0.1, 0.15) is 6.61 Å². The summed E-state index contributed by atoms with van der Waals surface area (Å²) < 4.78 is 10.5. The molecule has 0 heterocycles. The number of allylic oxidation sites excluding steroid dienone is 9. The highest BCUT2D eigenvalue weighted by Crippen LogP contribution is 2.16. The Morgan fingerprint density at radius 2 is 0.778 bits per heavy atom. The van der Waals surface area contributed by atoms with Gasteiger partial charge in [-0.25, -0.2) is 0 Å². The molecule has 1 N–H and O–H groups in total. The molecule has 0 rings (SSSR count). The van der Waals surface area contributed by atoms with E-state index in [1.54, 1.807) is 6.08 Å². The molecule has 0 aliphatic rings. The van der Waals surface area contributed by atoms with Gasteiger partial charge in [0.05, 0.1) is 13.0 Å². The van der Waals surface area contributed by atoms with E-state index in [-0.39, 0.29) is 25.6 Å². The Hall–Kier alpha value is -2.40. The highest BCUT2D eigenvalue weighted by Gasteiger charge is 2.15. The second kappa shape index (κ2) is 45.0. The fraction of sp³-hybridized carbons (Fsp3) is 0.755. The van der Waals surface area contributed by atoms with E-state index in [0.29, 0.717) is 6.42 Å². The predicted octanol–water partition coefficient (Wildman–Crippen LogP) is 14.7. The molecule has 0 aromatic carbocycles. The molecule has 0 aliphatic carbocycles. The average molecular weight is 755 g/mol. The van der Waals surface area contributed by atoms with Crippen molar-refractivity contribution in [1.82, 2.24) is 0 Å². The smallest absolute Gasteiger partial charge is 0.310 e. The summed E-state index contributed by atoms with van der Waals surface area (Å²) in [7, 11) is 0. The molecule has 0 radical (unpaired) electrons. The van der Waals surface area contributed by atoms with Gasteiger partial charge < -0.3 is 14.6 Å². The number of esters is 2. The maximum absolute atomic E-state index is 12.1. The lowest BCUT2D eigenvalue weighted by atomic mass is 10.0. The fourth-order valence-corrected chi connectivity index (χ4v) is 6.45. The van der Waals surface area contributed by atoms with Crippen LogP contribution in [0.4, 0.5) is 0 Å². The summed E-state index contributed by atoms with van der Waals surface area (Å²) in [4.78, 5) is 24.3. The van der Waals surface area contributed by atoms with E-state index >= 15 is 0 Å². The zero-order valence-electron chi connectivity index (χ0n) is 35.5. The molecular formula is C49H86O5. The van der Waals surface area contributed by atoms with Crippen molar-refractivity contribution in [2.75, 3.05) is 13.2 Å². The van der Waals surface area contributed by atoms with Crippen LogP contribution in [0.1, 0.15) is 219 Å². The third-order valence-electron chi connectivity index (χ3n) is 9.86. The lowest BCUT2D eigenvalue weighted by Crippen LogP contribution is -2.28. The van der Waals surface area contributed by atoms with Crippen LogP contribution in [0.2, 0.25) is 0 Å². The minimum Gasteiger partial charge on any atom is -0.462 e. The molecule has 0 aromatic heterocycles. The number of rotatable bonds is 41. The molecule has 0 aromatic rings. The fourth-order valence-electron chi connectivity index (χ4n) is 6.45. The Balaban J connectivity index is 3.54. The van der Waals surface area contributed by atoms with Crippen LogP contribution in [0.25, 0.3) is 0 Å². The Morgan fingerprint density at radius 1 is 0.444 bits per heavy atom. The van der Waals surface area contributed by atoms with E-state index < -0.39 is 12.1 Å². The van der Waals surface area contributed by atoms with Crippen molar-refractivity contribution >= 4 is 11.9 Å². The minimum absolute atomic E-state index is 0.105. The second-order valence-corrected chi connectivity index (χ2v) is 15.1. The van der Waals surface area contributed by atoms with Crippen molar-refractivity contribution in [3.8, 4) is 0 Å². The van der Waals surface area contributed by atoms with Gasteiger partial charge in [-0.3, -0.25) is 9.59 Å². The lowest BCUT2D eigenvalue weighted by Gasteiger charge is -2.15. The van der Waals surface area contributed by atoms with Crippen LogP contribution in [0.5, 0.6) is 0 Å². The average Bonchev–Trinajstić information content (AvgIpc) is 3.17. The van der Waals surface area contributed by atoms with Crippen LogP contribution in [0.3, 0.4) is 0 Å². The Morgan fingerprint density at radius 3 is 1.13 bits per heavy atom. The van der Waals surface area contributed by atoms with Crippen molar-refractivity contribution in [2.24, 2.45) is 0 Å².